The van der Waals surface area contributed by atoms with E-state index in [4.69, 9.17) is 5.26 Å². The van der Waals surface area contributed by atoms with E-state index < -0.39 is 21.8 Å². The Bertz CT molecular complexity index is 1380. The highest BCUT2D eigenvalue weighted by Gasteiger charge is 2.28. The number of nitrogens with one attached hydrogen (secondary N) is 1. The minimum atomic E-state index is -3.27. The molecule has 1 fully saturated rings. The summed E-state index contributed by atoms with van der Waals surface area (Å²) in [6.07, 6.45) is 4.13. The van der Waals surface area contributed by atoms with Crippen LogP contribution in [-0.4, -0.2) is 55.5 Å². The molecule has 3 aromatic rings. The lowest BCUT2D eigenvalue weighted by atomic mass is 10.0. The summed E-state index contributed by atoms with van der Waals surface area (Å²) in [5.41, 5.74) is 2.65. The van der Waals surface area contributed by atoms with Crippen molar-refractivity contribution in [1.82, 2.24) is 15.2 Å². The molecule has 1 N–H and O–H groups in total. The molecule has 2 amide bonds. The van der Waals surface area contributed by atoms with Gasteiger partial charge in [-0.1, -0.05) is 24.3 Å². The quantitative estimate of drug-likeness (QED) is 0.622. The van der Waals surface area contributed by atoms with Gasteiger partial charge in [-0.25, -0.2) is 8.42 Å². The van der Waals surface area contributed by atoms with Crippen molar-refractivity contribution >= 4 is 32.6 Å². The van der Waals surface area contributed by atoms with Crippen LogP contribution in [0.4, 0.5) is 0 Å². The first kappa shape index (κ1) is 22.4. The van der Waals surface area contributed by atoms with Crippen molar-refractivity contribution in [3.05, 3.63) is 60.3 Å². The second-order valence-electron chi connectivity index (χ2n) is 7.94. The van der Waals surface area contributed by atoms with Gasteiger partial charge in [-0.15, -0.1) is 0 Å². The Labute approximate surface area is 191 Å². The van der Waals surface area contributed by atoms with Crippen molar-refractivity contribution in [3.63, 3.8) is 0 Å². The number of benzene rings is 2. The van der Waals surface area contributed by atoms with Gasteiger partial charge in [0.05, 0.1) is 28.6 Å². The maximum Gasteiger partial charge on any atom is 0.252 e. The summed E-state index contributed by atoms with van der Waals surface area (Å²) >= 11 is 0. The molecule has 0 radical (unpaired) electrons. The molecule has 1 aliphatic rings. The molecule has 2 aromatic carbocycles. The molecule has 4 rings (SSSR count). The van der Waals surface area contributed by atoms with Crippen LogP contribution in [-0.2, 0) is 14.6 Å². The van der Waals surface area contributed by atoms with Gasteiger partial charge in [0.25, 0.3) is 5.91 Å². The number of carbonyl (C=O) groups excluding carboxylic acids is 2. The number of amides is 2. The van der Waals surface area contributed by atoms with E-state index in [9.17, 15) is 18.0 Å². The van der Waals surface area contributed by atoms with Crippen LogP contribution in [0.5, 0.6) is 0 Å². The van der Waals surface area contributed by atoms with Crippen LogP contribution < -0.4 is 5.32 Å². The van der Waals surface area contributed by atoms with Crippen molar-refractivity contribution in [2.24, 2.45) is 0 Å². The van der Waals surface area contributed by atoms with E-state index in [-0.39, 0.29) is 17.3 Å². The predicted molar refractivity (Wildman–Crippen MR) is 123 cm³/mol. The zero-order valence-electron chi connectivity index (χ0n) is 18.0. The molecule has 9 heteroatoms. The van der Waals surface area contributed by atoms with Crippen LogP contribution in [0.3, 0.4) is 0 Å². The smallest absolute Gasteiger partial charge is 0.252 e. The Hall–Kier alpha value is -3.77. The Morgan fingerprint density at radius 1 is 1.15 bits per heavy atom. The summed E-state index contributed by atoms with van der Waals surface area (Å²) in [6, 6.07) is 15.3. The summed E-state index contributed by atoms with van der Waals surface area (Å²) < 4.78 is 23.3. The first-order valence-corrected chi connectivity index (χ1v) is 12.3. The Kier molecular flexibility index (Phi) is 6.11. The second-order valence-corrected chi connectivity index (χ2v) is 9.96. The second kappa shape index (κ2) is 9.00. The number of carbonyl (C=O) groups is 2. The van der Waals surface area contributed by atoms with Crippen LogP contribution in [0.25, 0.3) is 22.0 Å². The monoisotopic (exact) mass is 462 g/mol. The van der Waals surface area contributed by atoms with Gasteiger partial charge in [0, 0.05) is 24.4 Å². The van der Waals surface area contributed by atoms with Gasteiger partial charge in [0.1, 0.15) is 6.04 Å². The van der Waals surface area contributed by atoms with Crippen LogP contribution in [0.15, 0.2) is 59.6 Å². The number of fused-ring (bicyclic) bond motifs is 1. The molecule has 0 aliphatic carbocycles. The van der Waals surface area contributed by atoms with Gasteiger partial charge in [-0.05, 0) is 48.2 Å². The van der Waals surface area contributed by atoms with Gasteiger partial charge < -0.3 is 10.2 Å². The molecular weight excluding hydrogens is 440 g/mol. The number of pyridine rings is 1. The van der Waals surface area contributed by atoms with E-state index in [0.717, 1.165) is 23.8 Å². The predicted octanol–water partition coefficient (Wildman–Crippen LogP) is 2.55. The van der Waals surface area contributed by atoms with Gasteiger partial charge in [0.2, 0.25) is 5.91 Å². The van der Waals surface area contributed by atoms with Crippen LogP contribution in [0, 0.1) is 11.3 Å². The molecular formula is C24H22N4O4S. The maximum atomic E-state index is 12.8. The number of nitrogens with zero attached hydrogens (tertiary/aromatic N) is 3. The molecule has 1 atom stereocenters. The molecule has 0 spiro atoms. The van der Waals surface area contributed by atoms with Crippen molar-refractivity contribution < 1.29 is 18.0 Å². The van der Waals surface area contributed by atoms with Crippen LogP contribution >= 0.6 is 0 Å². The van der Waals surface area contributed by atoms with Gasteiger partial charge in [-0.3, -0.25) is 14.6 Å². The maximum absolute atomic E-state index is 12.8. The highest BCUT2D eigenvalue weighted by Crippen LogP contribution is 2.26. The average molecular weight is 463 g/mol. The Morgan fingerprint density at radius 2 is 1.88 bits per heavy atom. The van der Waals surface area contributed by atoms with Crippen molar-refractivity contribution in [2.45, 2.75) is 23.8 Å². The molecule has 0 saturated carbocycles. The van der Waals surface area contributed by atoms with Crippen molar-refractivity contribution in [1.29, 1.82) is 5.26 Å². The topological polar surface area (TPSA) is 120 Å². The fourth-order valence-electron chi connectivity index (χ4n) is 3.97. The van der Waals surface area contributed by atoms with E-state index in [1.54, 1.807) is 36.4 Å². The normalized spacial score (nSPS) is 15.9. The number of rotatable bonds is 5. The first-order chi connectivity index (χ1) is 15.8. The molecule has 168 valence electrons. The third-order valence-electron chi connectivity index (χ3n) is 5.73. The summed E-state index contributed by atoms with van der Waals surface area (Å²) in [6.45, 7) is 0.352. The fourth-order valence-corrected chi connectivity index (χ4v) is 4.60. The largest absolute Gasteiger partial charge is 0.343 e. The zero-order chi connectivity index (χ0) is 23.6. The Balaban J connectivity index is 1.53. The molecule has 33 heavy (non-hydrogen) atoms. The molecule has 0 unspecified atom stereocenters. The standard InChI is InChI=1S/C24H22N4O4S/c1-33(31,32)19-7-4-16(5-8-19)17-6-9-20-21(10-11-26-22(20)13-17)24(30)27-15-23(29)28-12-2-3-18(28)14-25/h4-11,13,18H,2-3,12,15H2,1H3,(H,27,30)/t18-/m0/s1. The van der Waals surface area contributed by atoms with E-state index >= 15 is 0 Å². The number of sulfone groups is 1. The average Bonchev–Trinajstić information content (AvgIpc) is 3.30. The number of likely N-dealkylation sites (tertiary alicyclic amines) is 1. The summed E-state index contributed by atoms with van der Waals surface area (Å²) in [5.74, 6) is -0.667. The summed E-state index contributed by atoms with van der Waals surface area (Å²) in [5, 5.41) is 12.4. The fraction of sp³-hybridized carbons (Fsp3) is 0.250. The highest BCUT2D eigenvalue weighted by atomic mass is 32.2. The number of aromatic nitrogens is 1. The highest BCUT2D eigenvalue weighted by molar-refractivity contribution is 7.90. The third kappa shape index (κ3) is 4.71. The first-order valence-electron chi connectivity index (χ1n) is 10.4. The number of nitriles is 1. The Morgan fingerprint density at radius 3 is 2.58 bits per heavy atom. The SMILES string of the molecule is CS(=O)(=O)c1ccc(-c2ccc3c(C(=O)NCC(=O)N4CCC[C@H]4C#N)ccnc3c2)cc1. The van der Waals surface area contributed by atoms with E-state index in [1.807, 2.05) is 12.1 Å². The summed E-state index contributed by atoms with van der Waals surface area (Å²) in [4.78, 5) is 31.3. The molecule has 1 aliphatic heterocycles. The summed E-state index contributed by atoms with van der Waals surface area (Å²) in [7, 11) is -3.27. The van der Waals surface area contributed by atoms with Gasteiger partial charge in [-0.2, -0.15) is 5.26 Å². The lowest BCUT2D eigenvalue weighted by Gasteiger charge is -2.19. The van der Waals surface area contributed by atoms with Gasteiger partial charge in [0.15, 0.2) is 9.84 Å². The molecule has 0 bridgehead atoms. The van der Waals surface area contributed by atoms with Crippen molar-refractivity contribution in [3.8, 4) is 17.2 Å². The van der Waals surface area contributed by atoms with Crippen molar-refractivity contribution in [2.75, 3.05) is 19.3 Å². The van der Waals surface area contributed by atoms with E-state index in [2.05, 4.69) is 16.4 Å². The minimum Gasteiger partial charge on any atom is -0.343 e. The lowest BCUT2D eigenvalue weighted by Crippen LogP contribution is -2.42. The van der Waals surface area contributed by atoms with E-state index in [1.165, 1.54) is 11.1 Å². The third-order valence-corrected chi connectivity index (χ3v) is 6.85. The number of hydrogen-bond acceptors (Lipinski definition) is 6. The van der Waals surface area contributed by atoms with Crippen LogP contribution in [0.2, 0.25) is 0 Å². The lowest BCUT2D eigenvalue weighted by molar-refractivity contribution is -0.130. The molecule has 2 heterocycles. The van der Waals surface area contributed by atoms with Gasteiger partial charge >= 0.3 is 0 Å². The molecule has 1 saturated heterocycles. The number of hydrogen-bond donors (Lipinski definition) is 1. The zero-order valence-corrected chi connectivity index (χ0v) is 18.8. The minimum absolute atomic E-state index is 0.175. The van der Waals surface area contributed by atoms with E-state index in [0.29, 0.717) is 29.4 Å². The molecule has 8 nitrogen and oxygen atoms in total. The van der Waals surface area contributed by atoms with Crippen LogP contribution in [0.1, 0.15) is 23.2 Å². The molecule has 1 aromatic heterocycles.